The molecule has 0 spiro atoms. The van der Waals surface area contributed by atoms with Crippen molar-refractivity contribution in [3.05, 3.63) is 47.0 Å². The van der Waals surface area contributed by atoms with Crippen molar-refractivity contribution in [3.8, 4) is 11.4 Å². The summed E-state index contributed by atoms with van der Waals surface area (Å²) in [6, 6.07) is 7.51. The molecule has 1 N–H and O–H groups in total. The zero-order chi connectivity index (χ0) is 21.2. The van der Waals surface area contributed by atoms with E-state index in [0.717, 1.165) is 30.2 Å². The van der Waals surface area contributed by atoms with Crippen LogP contribution in [0.5, 0.6) is 5.75 Å². The molecule has 0 amide bonds. The number of fused-ring (bicyclic) bond motifs is 1. The first kappa shape index (κ1) is 21.3. The fraction of sp³-hybridized carbons (Fsp3) is 0.368. The Morgan fingerprint density at radius 1 is 1.07 bits per heavy atom. The number of phenolic OH excluding ortho intramolecular Hbond substituents is 1. The molecule has 29 heavy (non-hydrogen) atoms. The summed E-state index contributed by atoms with van der Waals surface area (Å²) in [5.74, 6) is 0.00977. The van der Waals surface area contributed by atoms with Gasteiger partial charge in [0.15, 0.2) is 0 Å². The number of nitrogens with zero attached hydrogens (tertiary/aromatic N) is 3. The first-order valence-corrected chi connectivity index (χ1v) is 10.5. The molecule has 0 unspecified atom stereocenters. The van der Waals surface area contributed by atoms with Gasteiger partial charge in [0.2, 0.25) is 0 Å². The number of halogens is 3. The summed E-state index contributed by atoms with van der Waals surface area (Å²) >= 11 is 0. The van der Waals surface area contributed by atoms with Crippen LogP contribution in [0.2, 0.25) is 6.04 Å². The van der Waals surface area contributed by atoms with Crippen molar-refractivity contribution < 1.29 is 27.1 Å². The third-order valence-corrected chi connectivity index (χ3v) is 6.19. The summed E-state index contributed by atoms with van der Waals surface area (Å²) in [5.41, 5.74) is 1.55. The van der Waals surface area contributed by atoms with Gasteiger partial charge < -0.3 is 14.0 Å². The number of hydrogen-bond acceptors (Lipinski definition) is 5. The van der Waals surface area contributed by atoms with E-state index in [1.807, 2.05) is 13.0 Å². The average Bonchev–Trinajstić information content (AvgIpc) is 3.10. The van der Waals surface area contributed by atoms with Crippen molar-refractivity contribution in [2.24, 2.45) is 0 Å². The molecule has 3 rings (SSSR count). The Morgan fingerprint density at radius 3 is 2.41 bits per heavy atom. The van der Waals surface area contributed by atoms with Gasteiger partial charge in [0.25, 0.3) is 0 Å². The molecule has 1 heterocycles. The molecular weight excluding hydrogens is 403 g/mol. The van der Waals surface area contributed by atoms with Crippen LogP contribution in [-0.2, 0) is 21.4 Å². The molecule has 0 fully saturated rings. The first-order valence-electron chi connectivity index (χ1n) is 8.94. The van der Waals surface area contributed by atoms with E-state index in [0.29, 0.717) is 23.2 Å². The van der Waals surface area contributed by atoms with Crippen LogP contribution in [0.15, 0.2) is 30.3 Å². The van der Waals surface area contributed by atoms with E-state index in [-0.39, 0.29) is 11.3 Å². The maximum absolute atomic E-state index is 12.9. The first-order chi connectivity index (χ1) is 13.7. The molecule has 155 valence electrons. The van der Waals surface area contributed by atoms with Gasteiger partial charge in [-0.3, -0.25) is 0 Å². The maximum atomic E-state index is 12.9. The molecule has 10 heteroatoms. The number of alkyl halides is 3. The third kappa shape index (κ3) is 4.77. The minimum Gasteiger partial charge on any atom is -0.505 e. The Balaban J connectivity index is 1.91. The highest BCUT2D eigenvalue weighted by Gasteiger charge is 2.31. The molecule has 0 aliphatic rings. The quantitative estimate of drug-likeness (QED) is 0.577. The molecule has 1 aromatic heterocycles. The third-order valence-electron chi connectivity index (χ3n) is 4.52. The van der Waals surface area contributed by atoms with Gasteiger partial charge in [-0.05, 0) is 61.2 Å². The van der Waals surface area contributed by atoms with Gasteiger partial charge in [-0.15, -0.1) is 15.0 Å². The largest absolute Gasteiger partial charge is 0.505 e. The lowest BCUT2D eigenvalue weighted by Crippen LogP contribution is -2.18. The van der Waals surface area contributed by atoms with Crippen molar-refractivity contribution in [2.75, 3.05) is 14.2 Å². The highest BCUT2D eigenvalue weighted by Crippen LogP contribution is 2.32. The van der Waals surface area contributed by atoms with Crippen LogP contribution >= 0.6 is 0 Å². The van der Waals surface area contributed by atoms with E-state index >= 15 is 0 Å². The van der Waals surface area contributed by atoms with Gasteiger partial charge in [0.1, 0.15) is 22.5 Å². The molecule has 0 aliphatic carbocycles. The summed E-state index contributed by atoms with van der Waals surface area (Å²) in [5, 5.41) is 19.1. The molecule has 0 atom stereocenters. The minimum atomic E-state index is -4.46. The lowest BCUT2D eigenvalue weighted by atomic mass is 10.0. The lowest BCUT2D eigenvalue weighted by molar-refractivity contribution is -0.137. The Hall–Kier alpha value is -2.43. The molecule has 0 aliphatic heterocycles. The molecule has 3 aromatic rings. The number of aromatic hydroxyl groups is 1. The zero-order valence-corrected chi connectivity index (χ0v) is 17.2. The Labute approximate surface area is 167 Å². The van der Waals surface area contributed by atoms with Crippen LogP contribution in [0.25, 0.3) is 16.7 Å². The van der Waals surface area contributed by atoms with Gasteiger partial charge >= 0.3 is 15.5 Å². The van der Waals surface area contributed by atoms with E-state index in [9.17, 15) is 18.3 Å². The van der Waals surface area contributed by atoms with E-state index in [2.05, 4.69) is 10.2 Å². The average molecular weight is 424 g/mol. The van der Waals surface area contributed by atoms with Gasteiger partial charge in [-0.2, -0.15) is 13.2 Å². The minimum absolute atomic E-state index is 0.00977. The van der Waals surface area contributed by atoms with Crippen LogP contribution in [-0.4, -0.2) is 43.6 Å². The van der Waals surface area contributed by atoms with Crippen molar-refractivity contribution in [1.82, 2.24) is 15.0 Å². The van der Waals surface area contributed by atoms with Gasteiger partial charge in [-0.25, -0.2) is 0 Å². The van der Waals surface area contributed by atoms with Gasteiger partial charge in [0, 0.05) is 14.2 Å². The Kier molecular flexibility index (Phi) is 6.25. The van der Waals surface area contributed by atoms with Crippen molar-refractivity contribution >= 4 is 20.3 Å². The fourth-order valence-electron chi connectivity index (χ4n) is 3.09. The predicted octanol–water partition coefficient (Wildman–Crippen LogP) is 4.17. The summed E-state index contributed by atoms with van der Waals surface area (Å²) in [6.07, 6.45) is -3.10. The second-order valence-electron chi connectivity index (χ2n) is 6.62. The van der Waals surface area contributed by atoms with E-state index in [1.165, 1.54) is 10.9 Å². The highest BCUT2D eigenvalue weighted by molar-refractivity contribution is 6.44. The van der Waals surface area contributed by atoms with Crippen LogP contribution < -0.4 is 0 Å². The van der Waals surface area contributed by atoms with Crippen LogP contribution in [0.1, 0.15) is 23.1 Å². The standard InChI is InChI=1S/C19H21F3N3O3Si/c1-12-9-13(5-4-8-29(27-2)28-3)18(26)17(10-12)25-23-15-7-6-14(19(20,21)22)11-16(15)24-25/h6-7,9-11,26H,4-5,8H2,1-3H3. The summed E-state index contributed by atoms with van der Waals surface area (Å²) in [7, 11) is 1.91. The van der Waals surface area contributed by atoms with Crippen LogP contribution in [0.3, 0.4) is 0 Å². The van der Waals surface area contributed by atoms with Gasteiger partial charge in [0.05, 0.1) is 5.56 Å². The van der Waals surface area contributed by atoms with Crippen molar-refractivity contribution in [3.63, 3.8) is 0 Å². The molecule has 0 saturated carbocycles. The SMILES string of the molecule is CO[Si](CCCc1cc(C)cc(-n2nc3ccc(C(F)(F)F)cc3n2)c1O)OC. The normalized spacial score (nSPS) is 12.2. The second-order valence-corrected chi connectivity index (χ2v) is 8.68. The number of hydrogen-bond donors (Lipinski definition) is 1. The van der Waals surface area contributed by atoms with E-state index < -0.39 is 21.0 Å². The van der Waals surface area contributed by atoms with Crippen molar-refractivity contribution in [1.29, 1.82) is 0 Å². The monoisotopic (exact) mass is 424 g/mol. The molecule has 2 aromatic carbocycles. The number of benzene rings is 2. The molecule has 6 nitrogen and oxygen atoms in total. The fourth-order valence-corrected chi connectivity index (χ4v) is 4.13. The molecule has 0 saturated heterocycles. The smallest absolute Gasteiger partial charge is 0.416 e. The Morgan fingerprint density at radius 2 is 1.76 bits per heavy atom. The Bertz CT molecular complexity index is 1000. The topological polar surface area (TPSA) is 69.4 Å². The summed E-state index contributed by atoms with van der Waals surface area (Å²) in [6.45, 7) is 1.87. The van der Waals surface area contributed by atoms with Gasteiger partial charge in [-0.1, -0.05) is 6.07 Å². The van der Waals surface area contributed by atoms with Crippen molar-refractivity contribution in [2.45, 2.75) is 32.0 Å². The number of aryl methyl sites for hydroxylation is 2. The molecular formula is C19H21F3N3O3Si. The molecule has 1 radical (unpaired) electrons. The number of rotatable bonds is 7. The lowest BCUT2D eigenvalue weighted by Gasteiger charge is -2.12. The molecule has 0 bridgehead atoms. The number of phenols is 1. The van der Waals surface area contributed by atoms with Crippen LogP contribution in [0.4, 0.5) is 13.2 Å². The highest BCUT2D eigenvalue weighted by atomic mass is 28.3. The van der Waals surface area contributed by atoms with E-state index in [1.54, 1.807) is 20.3 Å². The van der Waals surface area contributed by atoms with E-state index in [4.69, 9.17) is 8.85 Å². The maximum Gasteiger partial charge on any atom is 0.416 e. The number of aromatic nitrogens is 3. The summed E-state index contributed by atoms with van der Waals surface area (Å²) in [4.78, 5) is 1.18. The summed E-state index contributed by atoms with van der Waals surface area (Å²) < 4.78 is 49.3. The second kappa shape index (κ2) is 8.52. The zero-order valence-electron chi connectivity index (χ0n) is 16.2. The predicted molar refractivity (Wildman–Crippen MR) is 103 cm³/mol. The van der Waals surface area contributed by atoms with Crippen LogP contribution in [0, 0.1) is 6.92 Å².